The van der Waals surface area contributed by atoms with Gasteiger partial charge in [-0.2, -0.15) is 0 Å². The van der Waals surface area contributed by atoms with Crippen molar-refractivity contribution in [2.75, 3.05) is 0 Å². The van der Waals surface area contributed by atoms with Crippen LogP contribution < -0.4 is 0 Å². The summed E-state index contributed by atoms with van der Waals surface area (Å²) in [6.45, 7) is 4.26. The van der Waals surface area contributed by atoms with Crippen LogP contribution >= 0.6 is 11.3 Å². The highest BCUT2D eigenvalue weighted by molar-refractivity contribution is 7.20. The average molecular weight is 726 g/mol. The first-order chi connectivity index (χ1) is 27.1. The Hall–Kier alpha value is -6.89. The number of hydrogen-bond acceptors (Lipinski definition) is 6. The molecule has 0 unspecified atom stereocenters. The number of nitrogens with zero attached hydrogens (tertiary/aromatic N) is 3. The summed E-state index contributed by atoms with van der Waals surface area (Å²) < 4.78 is 14.2. The van der Waals surface area contributed by atoms with Gasteiger partial charge in [-0.25, -0.2) is 15.0 Å². The van der Waals surface area contributed by atoms with Gasteiger partial charge in [0, 0.05) is 53.4 Å². The zero-order valence-electron chi connectivity index (χ0n) is 30.0. The van der Waals surface area contributed by atoms with Crippen LogP contribution in [-0.2, 0) is 0 Å². The van der Waals surface area contributed by atoms with Gasteiger partial charge in [0.05, 0.1) is 0 Å². The molecule has 0 atom stereocenters. The van der Waals surface area contributed by atoms with Crippen molar-refractivity contribution in [1.29, 1.82) is 0 Å². The van der Waals surface area contributed by atoms with E-state index in [9.17, 15) is 0 Å². The van der Waals surface area contributed by atoms with Gasteiger partial charge in [0.25, 0.3) is 0 Å². The minimum absolute atomic E-state index is 0.578. The Labute approximate surface area is 319 Å². The lowest BCUT2D eigenvalue weighted by molar-refractivity contribution is 0.669. The molecular formula is C49H31N3O2S. The van der Waals surface area contributed by atoms with Crippen molar-refractivity contribution >= 4 is 82.1 Å². The Bertz CT molecular complexity index is 3370. The number of thiophene rings is 1. The van der Waals surface area contributed by atoms with Crippen LogP contribution in [0.25, 0.3) is 116 Å². The smallest absolute Gasteiger partial charge is 0.164 e. The zero-order valence-corrected chi connectivity index (χ0v) is 30.8. The Morgan fingerprint density at radius 3 is 2.00 bits per heavy atom. The van der Waals surface area contributed by atoms with E-state index < -0.39 is 0 Å². The average Bonchev–Trinajstić information content (AvgIpc) is 3.91. The molecule has 11 aromatic rings. The van der Waals surface area contributed by atoms with Crippen molar-refractivity contribution in [3.05, 3.63) is 156 Å². The number of aryl methyl sites for hydroxylation is 1. The summed E-state index contributed by atoms with van der Waals surface area (Å²) in [5.74, 6) is 1.76. The second-order valence-corrected chi connectivity index (χ2v) is 15.0. The van der Waals surface area contributed by atoms with Gasteiger partial charge in [0.15, 0.2) is 17.5 Å². The molecule has 0 saturated carbocycles. The predicted molar refractivity (Wildman–Crippen MR) is 228 cm³/mol. The molecule has 0 aliphatic rings. The number of allylic oxidation sites excluding steroid dienone is 1. The molecule has 4 heterocycles. The monoisotopic (exact) mass is 725 g/mol. The molecule has 0 fully saturated rings. The normalized spacial score (nSPS) is 12.1. The van der Waals surface area contributed by atoms with Crippen LogP contribution in [0.5, 0.6) is 0 Å². The lowest BCUT2D eigenvalue weighted by Crippen LogP contribution is -2.00. The molecule has 0 saturated heterocycles. The van der Waals surface area contributed by atoms with Crippen LogP contribution in [-0.4, -0.2) is 15.0 Å². The summed E-state index contributed by atoms with van der Waals surface area (Å²) in [6.07, 6.45) is 4.29. The van der Waals surface area contributed by atoms with Crippen molar-refractivity contribution in [3.63, 3.8) is 0 Å². The van der Waals surface area contributed by atoms with Crippen molar-refractivity contribution in [3.8, 4) is 45.3 Å². The standard InChI is InChI=1S/C49H31N3O2S/c1-3-10-43-28(2)34-21-19-31(27-44(34)55-43)35-22-23-38(45-37-14-7-9-16-41(37)54-46(35)45)49-51-47(32-18-17-29-11-4-5-12-30(29)25-32)50-48(52-49)33-20-24-42-39(26-33)36-13-6-8-15-40(36)53-42/h3-27H,1-2H3/b10-3-. The van der Waals surface area contributed by atoms with Crippen LogP contribution in [0, 0.1) is 6.92 Å². The number of benzene rings is 7. The molecule has 0 radical (unpaired) electrons. The Balaban J connectivity index is 1.15. The minimum Gasteiger partial charge on any atom is -0.456 e. The van der Waals surface area contributed by atoms with Gasteiger partial charge in [0.1, 0.15) is 22.3 Å². The molecule has 0 spiro atoms. The number of fused-ring (bicyclic) bond motifs is 8. The molecule has 7 aromatic carbocycles. The molecular weight excluding hydrogens is 695 g/mol. The van der Waals surface area contributed by atoms with Crippen LogP contribution in [0.15, 0.2) is 154 Å². The fraction of sp³-hybridized carbons (Fsp3) is 0.0408. The molecule has 0 bridgehead atoms. The summed E-state index contributed by atoms with van der Waals surface area (Å²) in [7, 11) is 0. The summed E-state index contributed by atoms with van der Waals surface area (Å²) in [5.41, 5.74) is 9.41. The molecule has 5 nitrogen and oxygen atoms in total. The zero-order chi connectivity index (χ0) is 36.6. The van der Waals surface area contributed by atoms with E-state index >= 15 is 0 Å². The molecule has 11 rings (SSSR count). The van der Waals surface area contributed by atoms with Crippen molar-refractivity contribution in [2.45, 2.75) is 13.8 Å². The first kappa shape index (κ1) is 31.6. The van der Waals surface area contributed by atoms with E-state index in [2.05, 4.69) is 123 Å². The second kappa shape index (κ2) is 12.3. The van der Waals surface area contributed by atoms with Crippen molar-refractivity contribution in [2.24, 2.45) is 0 Å². The second-order valence-electron chi connectivity index (χ2n) is 13.9. The Morgan fingerprint density at radius 1 is 0.509 bits per heavy atom. The lowest BCUT2D eigenvalue weighted by atomic mass is 9.97. The van der Waals surface area contributed by atoms with Crippen LogP contribution in [0.4, 0.5) is 0 Å². The van der Waals surface area contributed by atoms with Crippen LogP contribution in [0.3, 0.4) is 0 Å². The Kier molecular flexibility index (Phi) is 7.09. The maximum atomic E-state index is 6.75. The minimum atomic E-state index is 0.578. The number of rotatable bonds is 5. The summed E-state index contributed by atoms with van der Waals surface area (Å²) in [6, 6.07) is 48.3. The van der Waals surface area contributed by atoms with Gasteiger partial charge in [-0.3, -0.25) is 0 Å². The van der Waals surface area contributed by atoms with Gasteiger partial charge in [0.2, 0.25) is 0 Å². The highest BCUT2D eigenvalue weighted by Crippen LogP contribution is 2.43. The first-order valence-corrected chi connectivity index (χ1v) is 19.2. The van der Waals surface area contributed by atoms with Crippen LogP contribution in [0.1, 0.15) is 17.4 Å². The summed E-state index contributed by atoms with van der Waals surface area (Å²) >= 11 is 1.82. The molecule has 0 amide bonds. The number of furan rings is 2. The van der Waals surface area contributed by atoms with E-state index in [1.807, 2.05) is 53.8 Å². The Morgan fingerprint density at radius 2 is 1.16 bits per heavy atom. The lowest BCUT2D eigenvalue weighted by Gasteiger charge is -2.11. The predicted octanol–water partition coefficient (Wildman–Crippen LogP) is 14.0. The molecule has 0 N–H and O–H groups in total. The third kappa shape index (κ3) is 5.10. The van der Waals surface area contributed by atoms with Gasteiger partial charge in [-0.05, 0) is 102 Å². The molecule has 55 heavy (non-hydrogen) atoms. The molecule has 0 aliphatic carbocycles. The van der Waals surface area contributed by atoms with Gasteiger partial charge >= 0.3 is 0 Å². The fourth-order valence-electron chi connectivity index (χ4n) is 7.91. The largest absolute Gasteiger partial charge is 0.456 e. The van der Waals surface area contributed by atoms with Gasteiger partial charge in [-0.15, -0.1) is 11.3 Å². The first-order valence-electron chi connectivity index (χ1n) is 18.4. The van der Waals surface area contributed by atoms with E-state index in [4.69, 9.17) is 23.8 Å². The van der Waals surface area contributed by atoms with E-state index in [1.165, 1.54) is 20.5 Å². The molecule has 6 heteroatoms. The molecule has 4 aromatic heterocycles. The van der Waals surface area contributed by atoms with E-state index in [1.54, 1.807) is 0 Å². The van der Waals surface area contributed by atoms with Gasteiger partial charge < -0.3 is 8.83 Å². The van der Waals surface area contributed by atoms with Crippen molar-refractivity contribution in [1.82, 2.24) is 15.0 Å². The molecule has 0 aliphatic heterocycles. The topological polar surface area (TPSA) is 65.0 Å². The number of aromatic nitrogens is 3. The highest BCUT2D eigenvalue weighted by Gasteiger charge is 2.22. The third-order valence-electron chi connectivity index (χ3n) is 10.6. The maximum absolute atomic E-state index is 6.75. The SMILES string of the molecule is C/C=C\c1sc2cc(-c3ccc(-c4nc(-c5ccc6ccccc6c5)nc(-c5ccc6oc7ccccc7c6c5)n4)c4c3oc3ccccc34)ccc2c1C. The quantitative estimate of drug-likeness (QED) is 0.177. The van der Waals surface area contributed by atoms with Crippen molar-refractivity contribution < 1.29 is 8.83 Å². The van der Waals surface area contributed by atoms with Gasteiger partial charge in [-0.1, -0.05) is 91.0 Å². The van der Waals surface area contributed by atoms with E-state index in [-0.39, 0.29) is 0 Å². The molecule has 260 valence electrons. The summed E-state index contributed by atoms with van der Waals surface area (Å²) in [5, 5.41) is 7.62. The maximum Gasteiger partial charge on any atom is 0.164 e. The fourth-order valence-corrected chi connectivity index (χ4v) is 9.13. The summed E-state index contributed by atoms with van der Waals surface area (Å²) in [4.78, 5) is 16.9. The third-order valence-corrected chi connectivity index (χ3v) is 11.9. The van der Waals surface area contributed by atoms with E-state index in [0.717, 1.165) is 82.5 Å². The van der Waals surface area contributed by atoms with E-state index in [0.29, 0.717) is 17.5 Å². The number of hydrogen-bond donors (Lipinski definition) is 0. The number of para-hydroxylation sites is 2. The highest BCUT2D eigenvalue weighted by atomic mass is 32.1. The van der Waals surface area contributed by atoms with Crippen LogP contribution in [0.2, 0.25) is 0 Å².